The van der Waals surface area contributed by atoms with Crippen molar-refractivity contribution in [2.75, 3.05) is 44.2 Å². The van der Waals surface area contributed by atoms with Gasteiger partial charge in [-0.2, -0.15) is 0 Å². The first kappa shape index (κ1) is 17.0. The summed E-state index contributed by atoms with van der Waals surface area (Å²) in [5.74, 6) is 0.200. The van der Waals surface area contributed by atoms with Crippen molar-refractivity contribution in [3.63, 3.8) is 0 Å². The molecule has 0 radical (unpaired) electrons. The molecule has 22 heavy (non-hydrogen) atoms. The Morgan fingerprint density at radius 2 is 1.68 bits per heavy atom. The molecule has 0 spiro atoms. The van der Waals surface area contributed by atoms with E-state index in [0.29, 0.717) is 6.42 Å². The molecule has 1 aromatic carbocycles. The van der Waals surface area contributed by atoms with Crippen molar-refractivity contribution in [2.45, 2.75) is 33.2 Å². The number of para-hydroxylation sites is 1. The molecular formula is C18H29N3O. The minimum atomic E-state index is 0.197. The number of piperazine rings is 1. The summed E-state index contributed by atoms with van der Waals surface area (Å²) in [6, 6.07) is 10.2. The summed E-state index contributed by atoms with van der Waals surface area (Å²) in [6.45, 7) is 12.9. The van der Waals surface area contributed by atoms with Gasteiger partial charge in [-0.1, -0.05) is 32.0 Å². The van der Waals surface area contributed by atoms with E-state index in [-0.39, 0.29) is 11.9 Å². The Kier molecular flexibility index (Phi) is 6.40. The van der Waals surface area contributed by atoms with Crippen LogP contribution in [0.3, 0.4) is 0 Å². The van der Waals surface area contributed by atoms with E-state index in [9.17, 15) is 4.79 Å². The summed E-state index contributed by atoms with van der Waals surface area (Å²) >= 11 is 0. The van der Waals surface area contributed by atoms with Crippen LogP contribution in [0.4, 0.5) is 5.69 Å². The van der Waals surface area contributed by atoms with Gasteiger partial charge in [0.05, 0.1) is 0 Å². The van der Waals surface area contributed by atoms with Crippen LogP contribution in [0.2, 0.25) is 0 Å². The lowest BCUT2D eigenvalue weighted by Crippen LogP contribution is -2.51. The van der Waals surface area contributed by atoms with Crippen molar-refractivity contribution in [3.8, 4) is 0 Å². The third-order valence-electron chi connectivity index (χ3n) is 4.48. The quantitative estimate of drug-likeness (QED) is 0.808. The molecule has 1 aliphatic rings. The second-order valence-corrected chi connectivity index (χ2v) is 6.04. The number of nitrogens with zero attached hydrogens (tertiary/aromatic N) is 3. The Bertz CT molecular complexity index is 455. The molecule has 1 unspecified atom stereocenters. The number of carbonyl (C=O) groups excluding carboxylic acids is 1. The van der Waals surface area contributed by atoms with Crippen molar-refractivity contribution in [3.05, 3.63) is 30.3 Å². The van der Waals surface area contributed by atoms with E-state index in [1.54, 1.807) is 0 Å². The Morgan fingerprint density at radius 3 is 2.23 bits per heavy atom. The van der Waals surface area contributed by atoms with Crippen molar-refractivity contribution >= 4 is 11.6 Å². The van der Waals surface area contributed by atoms with Gasteiger partial charge >= 0.3 is 0 Å². The first-order valence-electron chi connectivity index (χ1n) is 8.47. The minimum Gasteiger partial charge on any atom is -0.308 e. The summed E-state index contributed by atoms with van der Waals surface area (Å²) in [5, 5.41) is 0. The summed E-state index contributed by atoms with van der Waals surface area (Å²) in [6.07, 6.45) is 0.544. The SMILES string of the molecule is CCC(=O)N(c1ccccc1)C(C)CN1CCN(CC)CC1. The molecule has 0 aliphatic carbocycles. The van der Waals surface area contributed by atoms with Crippen LogP contribution in [0.25, 0.3) is 0 Å². The Hall–Kier alpha value is -1.39. The zero-order valence-corrected chi connectivity index (χ0v) is 14.2. The van der Waals surface area contributed by atoms with Crippen LogP contribution >= 0.6 is 0 Å². The number of hydrogen-bond donors (Lipinski definition) is 0. The lowest BCUT2D eigenvalue weighted by atomic mass is 10.1. The van der Waals surface area contributed by atoms with Gasteiger partial charge in [0, 0.05) is 50.9 Å². The molecule has 0 N–H and O–H groups in total. The topological polar surface area (TPSA) is 26.8 Å². The predicted molar refractivity (Wildman–Crippen MR) is 92.2 cm³/mol. The Balaban J connectivity index is 2.01. The maximum absolute atomic E-state index is 12.4. The number of likely N-dealkylation sites (N-methyl/N-ethyl adjacent to an activating group) is 1. The molecular weight excluding hydrogens is 274 g/mol. The van der Waals surface area contributed by atoms with Gasteiger partial charge < -0.3 is 9.80 Å². The van der Waals surface area contributed by atoms with Crippen molar-refractivity contribution in [2.24, 2.45) is 0 Å². The fraction of sp³-hybridized carbons (Fsp3) is 0.611. The highest BCUT2D eigenvalue weighted by Gasteiger charge is 2.24. The number of anilines is 1. The molecule has 1 heterocycles. The zero-order valence-electron chi connectivity index (χ0n) is 14.2. The number of benzene rings is 1. The zero-order chi connectivity index (χ0) is 15.9. The molecule has 2 rings (SSSR count). The fourth-order valence-electron chi connectivity index (χ4n) is 3.15. The van der Waals surface area contributed by atoms with Gasteiger partial charge in [0.1, 0.15) is 0 Å². The maximum atomic E-state index is 12.4. The lowest BCUT2D eigenvalue weighted by Gasteiger charge is -2.38. The molecule has 0 saturated carbocycles. The molecule has 1 aliphatic heterocycles. The van der Waals surface area contributed by atoms with Gasteiger partial charge in [0.25, 0.3) is 0 Å². The van der Waals surface area contributed by atoms with Crippen molar-refractivity contribution in [1.29, 1.82) is 0 Å². The first-order chi connectivity index (χ1) is 10.7. The number of carbonyl (C=O) groups is 1. The predicted octanol–water partition coefficient (Wildman–Crippen LogP) is 2.46. The van der Waals surface area contributed by atoms with Crippen LogP contribution in [0, 0.1) is 0 Å². The Labute approximate surface area is 134 Å². The molecule has 0 aromatic heterocycles. The number of rotatable bonds is 6. The normalized spacial score (nSPS) is 18.1. The number of amides is 1. The molecule has 1 amide bonds. The van der Waals surface area contributed by atoms with E-state index in [1.807, 2.05) is 42.2 Å². The minimum absolute atomic E-state index is 0.197. The highest BCUT2D eigenvalue weighted by atomic mass is 16.2. The summed E-state index contributed by atoms with van der Waals surface area (Å²) in [7, 11) is 0. The first-order valence-corrected chi connectivity index (χ1v) is 8.47. The van der Waals surface area contributed by atoms with Crippen molar-refractivity contribution < 1.29 is 4.79 Å². The van der Waals surface area contributed by atoms with Gasteiger partial charge in [-0.3, -0.25) is 9.69 Å². The van der Waals surface area contributed by atoms with Crippen LogP contribution < -0.4 is 4.90 Å². The van der Waals surface area contributed by atoms with Crippen LogP contribution in [0.15, 0.2) is 30.3 Å². The molecule has 4 nitrogen and oxygen atoms in total. The highest BCUT2D eigenvalue weighted by Crippen LogP contribution is 2.19. The molecule has 4 heteroatoms. The summed E-state index contributed by atoms with van der Waals surface area (Å²) < 4.78 is 0. The van der Waals surface area contributed by atoms with E-state index >= 15 is 0 Å². The third kappa shape index (κ3) is 4.31. The average molecular weight is 303 g/mol. The lowest BCUT2D eigenvalue weighted by molar-refractivity contribution is -0.118. The largest absolute Gasteiger partial charge is 0.308 e. The van der Waals surface area contributed by atoms with E-state index in [2.05, 4.69) is 23.6 Å². The van der Waals surface area contributed by atoms with Gasteiger partial charge in [0.2, 0.25) is 5.91 Å². The second-order valence-electron chi connectivity index (χ2n) is 6.04. The van der Waals surface area contributed by atoms with Crippen LogP contribution in [-0.2, 0) is 4.79 Å². The second kappa shape index (κ2) is 8.30. The molecule has 1 fully saturated rings. The van der Waals surface area contributed by atoms with Crippen LogP contribution in [0.1, 0.15) is 27.2 Å². The van der Waals surface area contributed by atoms with E-state index in [0.717, 1.165) is 45.0 Å². The maximum Gasteiger partial charge on any atom is 0.226 e. The Morgan fingerprint density at radius 1 is 1.09 bits per heavy atom. The standard InChI is InChI=1S/C18H29N3O/c1-4-18(22)21(17-9-7-6-8-10-17)16(3)15-20-13-11-19(5-2)12-14-20/h6-10,16H,4-5,11-15H2,1-3H3. The van der Waals surface area contributed by atoms with Gasteiger partial charge in [0.15, 0.2) is 0 Å². The van der Waals surface area contributed by atoms with E-state index in [1.165, 1.54) is 0 Å². The van der Waals surface area contributed by atoms with Gasteiger partial charge in [-0.05, 0) is 25.6 Å². The summed E-state index contributed by atoms with van der Waals surface area (Å²) in [5.41, 5.74) is 1.01. The van der Waals surface area contributed by atoms with E-state index in [4.69, 9.17) is 0 Å². The van der Waals surface area contributed by atoms with E-state index < -0.39 is 0 Å². The third-order valence-corrected chi connectivity index (χ3v) is 4.48. The molecule has 1 saturated heterocycles. The monoisotopic (exact) mass is 303 g/mol. The van der Waals surface area contributed by atoms with Crippen molar-refractivity contribution in [1.82, 2.24) is 9.80 Å². The highest BCUT2D eigenvalue weighted by molar-refractivity contribution is 5.93. The average Bonchev–Trinajstić information content (AvgIpc) is 2.56. The van der Waals surface area contributed by atoms with Crippen LogP contribution in [0.5, 0.6) is 0 Å². The molecule has 1 aromatic rings. The number of hydrogen-bond acceptors (Lipinski definition) is 3. The van der Waals surface area contributed by atoms with Gasteiger partial charge in [-0.15, -0.1) is 0 Å². The van der Waals surface area contributed by atoms with Gasteiger partial charge in [-0.25, -0.2) is 0 Å². The molecule has 122 valence electrons. The van der Waals surface area contributed by atoms with Crippen LogP contribution in [-0.4, -0.2) is 61.0 Å². The smallest absolute Gasteiger partial charge is 0.226 e. The fourth-order valence-corrected chi connectivity index (χ4v) is 3.15. The molecule has 1 atom stereocenters. The molecule has 0 bridgehead atoms. The summed E-state index contributed by atoms with van der Waals surface area (Å²) in [4.78, 5) is 19.3.